The zero-order valence-corrected chi connectivity index (χ0v) is 11.5. The normalized spacial score (nSPS) is 15.1. The predicted octanol–water partition coefficient (Wildman–Crippen LogP) is 0.695. The SMILES string of the molecule is CSc1sc2c([s+]1)CCCC2.[I-]. The Kier molecular flexibility index (Phi) is 4.78. The second-order valence-corrected chi connectivity index (χ2v) is 6.51. The van der Waals surface area contributed by atoms with E-state index in [1.807, 2.05) is 34.4 Å². The molecule has 0 spiro atoms. The minimum atomic E-state index is 0. The highest BCUT2D eigenvalue weighted by molar-refractivity contribution is 8.02. The smallest absolute Gasteiger partial charge is 0.312 e. The van der Waals surface area contributed by atoms with Crippen LogP contribution in [0.2, 0.25) is 0 Å². The molecule has 12 heavy (non-hydrogen) atoms. The van der Waals surface area contributed by atoms with Gasteiger partial charge in [-0.15, -0.1) is 0 Å². The number of rotatable bonds is 1. The molecule has 0 saturated heterocycles. The minimum absolute atomic E-state index is 0. The molecule has 68 valence electrons. The molecule has 0 unspecified atom stereocenters. The quantitative estimate of drug-likeness (QED) is 0.415. The fourth-order valence-electron chi connectivity index (χ4n) is 1.37. The van der Waals surface area contributed by atoms with Gasteiger partial charge in [0.05, 0.1) is 22.7 Å². The molecular formula is C8H11IS3. The van der Waals surface area contributed by atoms with Crippen molar-refractivity contribution in [2.75, 3.05) is 6.26 Å². The molecule has 0 fully saturated rings. The van der Waals surface area contributed by atoms with Crippen LogP contribution in [0.15, 0.2) is 3.52 Å². The lowest BCUT2D eigenvalue weighted by Gasteiger charge is -2.01. The number of halogens is 1. The summed E-state index contributed by atoms with van der Waals surface area (Å²) in [6.45, 7) is 0. The summed E-state index contributed by atoms with van der Waals surface area (Å²) in [5.74, 6) is 0. The van der Waals surface area contributed by atoms with Crippen LogP contribution in [-0.4, -0.2) is 6.26 Å². The van der Waals surface area contributed by atoms with Crippen molar-refractivity contribution in [3.05, 3.63) is 9.75 Å². The third-order valence-electron chi connectivity index (χ3n) is 1.95. The van der Waals surface area contributed by atoms with Crippen LogP contribution < -0.4 is 24.0 Å². The van der Waals surface area contributed by atoms with Gasteiger partial charge in [0.25, 0.3) is 0 Å². The van der Waals surface area contributed by atoms with Gasteiger partial charge in [0.2, 0.25) is 0 Å². The Balaban J connectivity index is 0.000000720. The molecule has 0 saturated carbocycles. The van der Waals surface area contributed by atoms with Crippen LogP contribution >= 0.6 is 34.4 Å². The molecule has 0 atom stereocenters. The van der Waals surface area contributed by atoms with E-state index in [1.165, 1.54) is 29.2 Å². The van der Waals surface area contributed by atoms with E-state index in [9.17, 15) is 0 Å². The Hall–Kier alpha value is 1.13. The highest BCUT2D eigenvalue weighted by atomic mass is 127. The van der Waals surface area contributed by atoms with E-state index in [-0.39, 0.29) is 24.0 Å². The van der Waals surface area contributed by atoms with E-state index in [0.717, 1.165) is 0 Å². The largest absolute Gasteiger partial charge is 1.00 e. The first-order valence-corrected chi connectivity index (χ1v) is 6.74. The zero-order chi connectivity index (χ0) is 7.68. The Labute approximate surface area is 103 Å². The summed E-state index contributed by atoms with van der Waals surface area (Å²) in [6.07, 6.45) is 7.68. The molecule has 0 aromatic carbocycles. The molecule has 1 aromatic heterocycles. The lowest BCUT2D eigenvalue weighted by molar-refractivity contribution is -0.00000212. The Bertz CT molecular complexity index is 233. The van der Waals surface area contributed by atoms with Gasteiger partial charge in [0.15, 0.2) is 0 Å². The van der Waals surface area contributed by atoms with E-state index in [0.29, 0.717) is 0 Å². The summed E-state index contributed by atoms with van der Waals surface area (Å²) in [5.41, 5.74) is 0. The molecule has 0 radical (unpaired) electrons. The van der Waals surface area contributed by atoms with Crippen LogP contribution in [0.25, 0.3) is 0 Å². The van der Waals surface area contributed by atoms with E-state index >= 15 is 0 Å². The first-order valence-electron chi connectivity index (χ1n) is 3.89. The van der Waals surface area contributed by atoms with Gasteiger partial charge in [-0.25, -0.2) is 0 Å². The zero-order valence-electron chi connectivity index (χ0n) is 6.93. The molecular weight excluding hydrogens is 319 g/mol. The van der Waals surface area contributed by atoms with Crippen LogP contribution in [0, 0.1) is 0 Å². The molecule has 0 amide bonds. The van der Waals surface area contributed by atoms with E-state index in [2.05, 4.69) is 6.26 Å². The van der Waals surface area contributed by atoms with Gasteiger partial charge in [-0.2, -0.15) is 0 Å². The first kappa shape index (κ1) is 11.2. The van der Waals surface area contributed by atoms with Crippen LogP contribution in [0.1, 0.15) is 22.6 Å². The Morgan fingerprint density at radius 1 is 1.33 bits per heavy atom. The van der Waals surface area contributed by atoms with Gasteiger partial charge in [-0.05, 0) is 19.1 Å². The molecule has 4 heteroatoms. The minimum Gasteiger partial charge on any atom is -1.00 e. The van der Waals surface area contributed by atoms with Crippen molar-refractivity contribution in [2.24, 2.45) is 0 Å². The van der Waals surface area contributed by atoms with Crippen molar-refractivity contribution in [2.45, 2.75) is 29.2 Å². The first-order chi connectivity index (χ1) is 5.40. The molecule has 0 nitrogen and oxygen atoms in total. The Morgan fingerprint density at radius 3 is 2.75 bits per heavy atom. The second-order valence-electron chi connectivity index (χ2n) is 2.71. The monoisotopic (exact) mass is 330 g/mol. The molecule has 0 aliphatic heterocycles. The van der Waals surface area contributed by atoms with Crippen molar-refractivity contribution in [3.8, 4) is 0 Å². The molecule has 1 heterocycles. The lowest BCUT2D eigenvalue weighted by Crippen LogP contribution is -3.00. The summed E-state index contributed by atoms with van der Waals surface area (Å²) in [5, 5.41) is 0. The molecule has 1 aliphatic carbocycles. The fraction of sp³-hybridized carbons (Fsp3) is 0.625. The molecule has 0 bridgehead atoms. The highest BCUT2D eigenvalue weighted by Gasteiger charge is 2.24. The lowest BCUT2D eigenvalue weighted by atomic mass is 10.1. The van der Waals surface area contributed by atoms with Crippen LogP contribution in [0.5, 0.6) is 0 Å². The highest BCUT2D eigenvalue weighted by Crippen LogP contribution is 2.38. The van der Waals surface area contributed by atoms with Gasteiger partial charge in [0.1, 0.15) is 9.75 Å². The predicted molar refractivity (Wildman–Crippen MR) is 55.0 cm³/mol. The van der Waals surface area contributed by atoms with E-state index in [1.54, 1.807) is 9.75 Å². The van der Waals surface area contributed by atoms with Crippen molar-refractivity contribution in [1.29, 1.82) is 0 Å². The van der Waals surface area contributed by atoms with Gasteiger partial charge < -0.3 is 24.0 Å². The van der Waals surface area contributed by atoms with E-state index < -0.39 is 0 Å². The van der Waals surface area contributed by atoms with Gasteiger partial charge >= 0.3 is 3.52 Å². The van der Waals surface area contributed by atoms with Gasteiger partial charge in [-0.1, -0.05) is 11.8 Å². The maximum atomic E-state index is 2.17. The number of hydrogen-bond donors (Lipinski definition) is 0. The molecule has 0 N–H and O–H groups in total. The summed E-state index contributed by atoms with van der Waals surface area (Å²) < 4.78 is 1.54. The number of thioether (sulfide) groups is 1. The number of aryl methyl sites for hydroxylation is 2. The maximum absolute atomic E-state index is 2.17. The Morgan fingerprint density at radius 2 is 2.08 bits per heavy atom. The molecule has 1 aliphatic rings. The standard InChI is InChI=1S/C8H11S3.HI/c1-9-8-10-6-4-2-3-5-7(6)11-8;/h2-5H2,1H3;1H/q+1;/p-1. The van der Waals surface area contributed by atoms with Crippen LogP contribution in [0.4, 0.5) is 0 Å². The maximum Gasteiger partial charge on any atom is 0.312 e. The second kappa shape index (κ2) is 5.12. The van der Waals surface area contributed by atoms with Gasteiger partial charge in [0, 0.05) is 12.8 Å². The third-order valence-corrected chi connectivity index (χ3v) is 6.14. The summed E-state index contributed by atoms with van der Waals surface area (Å²) in [7, 11) is 0. The van der Waals surface area contributed by atoms with E-state index in [4.69, 9.17) is 0 Å². The van der Waals surface area contributed by atoms with Crippen LogP contribution in [-0.2, 0) is 12.8 Å². The van der Waals surface area contributed by atoms with Crippen molar-refractivity contribution < 1.29 is 24.0 Å². The third kappa shape index (κ3) is 2.33. The number of hydrogen-bond acceptors (Lipinski definition) is 2. The number of fused-ring (bicyclic) bond motifs is 1. The molecule has 1 aromatic rings. The average molecular weight is 330 g/mol. The van der Waals surface area contributed by atoms with Crippen LogP contribution in [0.3, 0.4) is 0 Å². The summed E-state index contributed by atoms with van der Waals surface area (Å²) >= 11 is 5.93. The average Bonchev–Trinajstić information content (AvgIpc) is 2.46. The summed E-state index contributed by atoms with van der Waals surface area (Å²) in [4.78, 5) is 3.34. The van der Waals surface area contributed by atoms with Crippen molar-refractivity contribution >= 4 is 34.4 Å². The topological polar surface area (TPSA) is 0 Å². The fourth-order valence-corrected chi connectivity index (χ4v) is 4.99. The van der Waals surface area contributed by atoms with Crippen molar-refractivity contribution in [1.82, 2.24) is 0 Å². The summed E-state index contributed by atoms with van der Waals surface area (Å²) in [6, 6.07) is 0. The van der Waals surface area contributed by atoms with Crippen molar-refractivity contribution in [3.63, 3.8) is 0 Å². The molecule has 2 rings (SSSR count). The van der Waals surface area contributed by atoms with Gasteiger partial charge in [-0.3, -0.25) is 0 Å².